The van der Waals surface area contributed by atoms with Gasteiger partial charge in [0.2, 0.25) is 0 Å². The third-order valence-electron chi connectivity index (χ3n) is 3.12. The van der Waals surface area contributed by atoms with Crippen LogP contribution >= 0.6 is 11.6 Å². The van der Waals surface area contributed by atoms with Gasteiger partial charge in [-0.3, -0.25) is 0 Å². The third-order valence-corrected chi connectivity index (χ3v) is 3.42. The second-order valence-corrected chi connectivity index (χ2v) is 5.29. The molecule has 0 saturated carbocycles. The first-order valence-corrected chi connectivity index (χ1v) is 6.89. The fourth-order valence-corrected chi connectivity index (χ4v) is 2.42. The quantitative estimate of drug-likeness (QED) is 0.884. The van der Waals surface area contributed by atoms with Crippen LogP contribution < -0.4 is 10.2 Å². The Balaban J connectivity index is 2.13. The highest BCUT2D eigenvalue weighted by atomic mass is 35.5. The summed E-state index contributed by atoms with van der Waals surface area (Å²) in [6.07, 6.45) is 0. The number of nitrogens with one attached hydrogen (secondary N) is 1. The maximum absolute atomic E-state index is 10.8. The predicted octanol–water partition coefficient (Wildman–Crippen LogP) is 3.72. The second kappa shape index (κ2) is 6.50. The molecule has 0 fully saturated rings. The van der Waals surface area contributed by atoms with E-state index in [9.17, 15) is 4.79 Å². The van der Waals surface area contributed by atoms with Crippen LogP contribution in [0.15, 0.2) is 42.5 Å². The lowest BCUT2D eigenvalue weighted by Gasteiger charge is -2.20. The number of benzene rings is 2. The molecule has 0 atom stereocenters. The van der Waals surface area contributed by atoms with E-state index in [0.29, 0.717) is 11.6 Å². The fourth-order valence-electron chi connectivity index (χ4n) is 2.07. The Kier molecular flexibility index (Phi) is 4.70. The topological polar surface area (TPSA) is 52.6 Å². The van der Waals surface area contributed by atoms with Crippen LogP contribution in [0.25, 0.3) is 0 Å². The number of carboxylic acid groups (broad SMARTS) is 1. The summed E-state index contributed by atoms with van der Waals surface area (Å²) in [6.45, 7) is 0.598. The van der Waals surface area contributed by atoms with E-state index in [0.717, 1.165) is 16.9 Å². The Morgan fingerprint density at radius 3 is 2.43 bits per heavy atom. The van der Waals surface area contributed by atoms with E-state index in [4.69, 9.17) is 16.7 Å². The zero-order valence-corrected chi connectivity index (χ0v) is 12.7. The van der Waals surface area contributed by atoms with Crippen molar-refractivity contribution in [3.05, 3.63) is 58.6 Å². The minimum Gasteiger partial charge on any atom is -0.478 e. The number of aromatic carboxylic acids is 1. The monoisotopic (exact) mass is 304 g/mol. The van der Waals surface area contributed by atoms with E-state index in [2.05, 4.69) is 5.32 Å². The first-order valence-electron chi connectivity index (χ1n) is 6.51. The first-order chi connectivity index (χ1) is 9.99. The molecule has 2 rings (SSSR count). The van der Waals surface area contributed by atoms with Crippen LogP contribution in [-0.4, -0.2) is 25.2 Å². The van der Waals surface area contributed by atoms with E-state index in [1.165, 1.54) is 0 Å². The van der Waals surface area contributed by atoms with Gasteiger partial charge < -0.3 is 15.3 Å². The molecule has 2 aromatic carbocycles. The number of halogens is 1. The van der Waals surface area contributed by atoms with E-state index in [-0.39, 0.29) is 5.56 Å². The highest BCUT2D eigenvalue weighted by Crippen LogP contribution is 2.32. The zero-order chi connectivity index (χ0) is 15.4. The molecule has 110 valence electrons. The summed E-state index contributed by atoms with van der Waals surface area (Å²) in [7, 11) is 3.88. The molecule has 0 aliphatic carbocycles. The number of carboxylic acids is 1. The van der Waals surface area contributed by atoms with Gasteiger partial charge >= 0.3 is 5.97 Å². The molecule has 0 radical (unpaired) electrons. The number of hydrogen-bond acceptors (Lipinski definition) is 3. The van der Waals surface area contributed by atoms with E-state index < -0.39 is 5.97 Å². The molecule has 2 N–H and O–H groups in total. The van der Waals surface area contributed by atoms with Crippen LogP contribution in [0.4, 0.5) is 11.4 Å². The molecule has 0 saturated heterocycles. The lowest BCUT2D eigenvalue weighted by atomic mass is 10.1. The maximum Gasteiger partial charge on any atom is 0.335 e. The summed E-state index contributed by atoms with van der Waals surface area (Å²) in [5.74, 6) is -0.917. The molecule has 21 heavy (non-hydrogen) atoms. The van der Waals surface area contributed by atoms with Gasteiger partial charge in [-0.1, -0.05) is 29.8 Å². The average Bonchev–Trinajstić information content (AvgIpc) is 2.45. The van der Waals surface area contributed by atoms with E-state index in [1.54, 1.807) is 24.3 Å². The van der Waals surface area contributed by atoms with Crippen molar-refractivity contribution in [1.29, 1.82) is 0 Å². The number of nitrogens with zero attached hydrogens (tertiary/aromatic N) is 1. The molecule has 0 unspecified atom stereocenters. The lowest BCUT2D eigenvalue weighted by Crippen LogP contribution is -2.12. The standard InChI is InChI=1S/C16H17ClN2O2/c1-19(2)15-13(17)4-3-5-14(15)18-10-11-6-8-12(9-7-11)16(20)21/h3-9,18H,10H2,1-2H3,(H,20,21). The van der Waals surface area contributed by atoms with Crippen LogP contribution in [0.1, 0.15) is 15.9 Å². The van der Waals surface area contributed by atoms with Gasteiger partial charge in [0.05, 0.1) is 22.0 Å². The minimum atomic E-state index is -0.917. The first kappa shape index (κ1) is 15.2. The molecule has 5 heteroatoms. The number of para-hydroxylation sites is 1. The third kappa shape index (κ3) is 3.67. The molecule has 0 spiro atoms. The van der Waals surface area contributed by atoms with Crippen LogP contribution in [0, 0.1) is 0 Å². The zero-order valence-electron chi connectivity index (χ0n) is 11.9. The van der Waals surface area contributed by atoms with Gasteiger partial charge in [0.15, 0.2) is 0 Å². The highest BCUT2D eigenvalue weighted by molar-refractivity contribution is 6.34. The van der Waals surface area contributed by atoms with Crippen molar-refractivity contribution in [2.45, 2.75) is 6.54 Å². The van der Waals surface area contributed by atoms with Crippen LogP contribution in [0.2, 0.25) is 5.02 Å². The number of rotatable bonds is 5. The SMILES string of the molecule is CN(C)c1c(Cl)cccc1NCc1ccc(C(=O)O)cc1. The van der Waals surface area contributed by atoms with E-state index >= 15 is 0 Å². The fraction of sp³-hybridized carbons (Fsp3) is 0.188. The van der Waals surface area contributed by atoms with Gasteiger partial charge in [-0.15, -0.1) is 0 Å². The van der Waals surface area contributed by atoms with Crippen molar-refractivity contribution >= 4 is 28.9 Å². The summed E-state index contributed by atoms with van der Waals surface area (Å²) < 4.78 is 0. The molecule has 0 aliphatic heterocycles. The van der Waals surface area contributed by atoms with Crippen molar-refractivity contribution in [3.63, 3.8) is 0 Å². The molecular formula is C16H17ClN2O2. The number of carbonyl (C=O) groups is 1. The van der Waals surface area contributed by atoms with Crippen LogP contribution in [0.5, 0.6) is 0 Å². The molecule has 4 nitrogen and oxygen atoms in total. The molecule has 2 aromatic rings. The van der Waals surface area contributed by atoms with Crippen molar-refractivity contribution in [2.75, 3.05) is 24.3 Å². The lowest BCUT2D eigenvalue weighted by molar-refractivity contribution is 0.0697. The largest absolute Gasteiger partial charge is 0.478 e. The predicted molar refractivity (Wildman–Crippen MR) is 86.5 cm³/mol. The number of hydrogen-bond donors (Lipinski definition) is 2. The summed E-state index contributed by atoms with van der Waals surface area (Å²) in [5.41, 5.74) is 3.16. The van der Waals surface area contributed by atoms with Gasteiger partial charge in [-0.05, 0) is 29.8 Å². The van der Waals surface area contributed by atoms with Gasteiger partial charge in [0, 0.05) is 20.6 Å². The summed E-state index contributed by atoms with van der Waals surface area (Å²) in [4.78, 5) is 12.8. The van der Waals surface area contributed by atoms with Gasteiger partial charge in [0.1, 0.15) is 0 Å². The summed E-state index contributed by atoms with van der Waals surface area (Å²) >= 11 is 6.21. The van der Waals surface area contributed by atoms with Gasteiger partial charge in [-0.2, -0.15) is 0 Å². The van der Waals surface area contributed by atoms with Crippen molar-refractivity contribution in [2.24, 2.45) is 0 Å². The maximum atomic E-state index is 10.8. The van der Waals surface area contributed by atoms with Crippen molar-refractivity contribution in [1.82, 2.24) is 0 Å². The molecule has 0 heterocycles. The van der Waals surface area contributed by atoms with Gasteiger partial charge in [-0.25, -0.2) is 4.79 Å². The Hall–Kier alpha value is -2.20. The molecule has 0 bridgehead atoms. The summed E-state index contributed by atoms with van der Waals surface area (Å²) in [5, 5.41) is 12.9. The van der Waals surface area contributed by atoms with E-state index in [1.807, 2.05) is 37.2 Å². The van der Waals surface area contributed by atoms with Crippen LogP contribution in [-0.2, 0) is 6.54 Å². The Labute approximate surface area is 129 Å². The second-order valence-electron chi connectivity index (χ2n) is 4.89. The molecule has 0 aromatic heterocycles. The smallest absolute Gasteiger partial charge is 0.335 e. The Morgan fingerprint density at radius 2 is 1.86 bits per heavy atom. The number of anilines is 2. The molecule has 0 amide bonds. The minimum absolute atomic E-state index is 0.287. The van der Waals surface area contributed by atoms with Crippen molar-refractivity contribution < 1.29 is 9.90 Å². The Morgan fingerprint density at radius 1 is 1.19 bits per heavy atom. The van der Waals surface area contributed by atoms with Crippen molar-refractivity contribution in [3.8, 4) is 0 Å². The highest BCUT2D eigenvalue weighted by Gasteiger charge is 2.09. The van der Waals surface area contributed by atoms with Gasteiger partial charge in [0.25, 0.3) is 0 Å². The molecule has 0 aliphatic rings. The average molecular weight is 305 g/mol. The Bertz CT molecular complexity index is 639. The normalized spacial score (nSPS) is 10.2. The molecular weight excluding hydrogens is 288 g/mol. The van der Waals surface area contributed by atoms with Crippen LogP contribution in [0.3, 0.4) is 0 Å². The summed E-state index contributed by atoms with van der Waals surface area (Å²) in [6, 6.07) is 12.5.